The number of aromatic nitrogens is 2. The van der Waals surface area contributed by atoms with Crippen molar-refractivity contribution in [3.63, 3.8) is 0 Å². The van der Waals surface area contributed by atoms with Crippen molar-refractivity contribution in [1.82, 2.24) is 9.97 Å². The quantitative estimate of drug-likeness (QED) is 0.747. The second kappa shape index (κ2) is 5.12. The van der Waals surface area contributed by atoms with Gasteiger partial charge in [0.2, 0.25) is 5.95 Å². The summed E-state index contributed by atoms with van der Waals surface area (Å²) in [4.78, 5) is 18.7. The van der Waals surface area contributed by atoms with Crippen molar-refractivity contribution in [2.75, 3.05) is 5.32 Å². The third-order valence-corrected chi connectivity index (χ3v) is 1.87. The first-order valence-electron chi connectivity index (χ1n) is 4.82. The van der Waals surface area contributed by atoms with Crippen molar-refractivity contribution >= 4 is 11.9 Å². The van der Waals surface area contributed by atoms with Gasteiger partial charge in [-0.2, -0.15) is 0 Å². The smallest absolute Gasteiger partial charge is 0.354 e. The topological polar surface area (TPSA) is 75.1 Å². The van der Waals surface area contributed by atoms with Crippen LogP contribution in [0.15, 0.2) is 6.07 Å². The van der Waals surface area contributed by atoms with Crippen LogP contribution in [0.4, 0.5) is 5.95 Å². The van der Waals surface area contributed by atoms with Crippen LogP contribution in [0, 0.1) is 19.3 Å². The van der Waals surface area contributed by atoms with E-state index in [0.29, 0.717) is 18.1 Å². The summed E-state index contributed by atoms with van der Waals surface area (Å²) in [5, 5.41) is 11.8. The van der Waals surface area contributed by atoms with Crippen LogP contribution in [0.2, 0.25) is 0 Å². The van der Waals surface area contributed by atoms with Crippen LogP contribution in [0.5, 0.6) is 0 Å². The first-order valence-corrected chi connectivity index (χ1v) is 4.82. The monoisotopic (exact) mass is 219 g/mol. The van der Waals surface area contributed by atoms with Crippen molar-refractivity contribution in [3.8, 4) is 12.3 Å². The number of carboxylic acid groups (broad SMARTS) is 1. The van der Waals surface area contributed by atoms with E-state index >= 15 is 0 Å². The third-order valence-electron chi connectivity index (χ3n) is 1.87. The molecule has 0 aliphatic rings. The van der Waals surface area contributed by atoms with Gasteiger partial charge in [-0.3, -0.25) is 0 Å². The molecular weight excluding hydrogens is 206 g/mol. The van der Waals surface area contributed by atoms with Crippen LogP contribution < -0.4 is 5.32 Å². The predicted molar refractivity (Wildman–Crippen MR) is 60.3 cm³/mol. The highest BCUT2D eigenvalue weighted by molar-refractivity contribution is 5.85. The van der Waals surface area contributed by atoms with Crippen LogP contribution >= 0.6 is 0 Å². The Hall–Kier alpha value is -2.09. The van der Waals surface area contributed by atoms with E-state index in [9.17, 15) is 4.79 Å². The van der Waals surface area contributed by atoms with Crippen molar-refractivity contribution in [2.24, 2.45) is 0 Å². The molecule has 1 atom stereocenters. The van der Waals surface area contributed by atoms with Gasteiger partial charge in [-0.1, -0.05) is 0 Å². The Morgan fingerprint density at radius 2 is 2.38 bits per heavy atom. The summed E-state index contributed by atoms with van der Waals surface area (Å²) in [7, 11) is 0. The molecule has 1 heterocycles. The Morgan fingerprint density at radius 1 is 1.69 bits per heavy atom. The number of rotatable bonds is 4. The zero-order valence-electron chi connectivity index (χ0n) is 9.19. The lowest BCUT2D eigenvalue weighted by Crippen LogP contribution is -2.17. The second-order valence-corrected chi connectivity index (χ2v) is 3.48. The van der Waals surface area contributed by atoms with Crippen molar-refractivity contribution in [1.29, 1.82) is 0 Å². The van der Waals surface area contributed by atoms with E-state index in [1.54, 1.807) is 6.92 Å². The lowest BCUT2D eigenvalue weighted by Gasteiger charge is -2.11. The van der Waals surface area contributed by atoms with Crippen molar-refractivity contribution < 1.29 is 9.90 Å². The molecule has 0 saturated carbocycles. The van der Waals surface area contributed by atoms with Gasteiger partial charge in [0.1, 0.15) is 0 Å². The van der Waals surface area contributed by atoms with Crippen molar-refractivity contribution in [2.45, 2.75) is 26.3 Å². The molecule has 0 aromatic carbocycles. The van der Waals surface area contributed by atoms with E-state index in [2.05, 4.69) is 21.2 Å². The SMILES string of the molecule is C#CCC(C)Nc1nc(C)cc(C(=O)O)n1. The number of carbonyl (C=O) groups is 1. The van der Waals surface area contributed by atoms with Gasteiger partial charge in [-0.05, 0) is 19.9 Å². The summed E-state index contributed by atoms with van der Waals surface area (Å²) in [5.74, 6) is 1.73. The normalized spacial score (nSPS) is 11.6. The molecule has 1 unspecified atom stereocenters. The molecule has 0 aliphatic heterocycles. The molecule has 84 valence electrons. The summed E-state index contributed by atoms with van der Waals surface area (Å²) in [5.41, 5.74) is 0.575. The highest BCUT2D eigenvalue weighted by Crippen LogP contribution is 2.07. The fourth-order valence-corrected chi connectivity index (χ4v) is 1.19. The maximum atomic E-state index is 10.8. The first kappa shape index (κ1) is 12.0. The average Bonchev–Trinajstić information content (AvgIpc) is 2.16. The molecule has 5 heteroatoms. The molecule has 0 radical (unpaired) electrons. The number of nitrogens with one attached hydrogen (secondary N) is 1. The summed E-state index contributed by atoms with van der Waals surface area (Å²) in [6.07, 6.45) is 5.69. The van der Waals surface area contributed by atoms with Gasteiger partial charge in [-0.15, -0.1) is 12.3 Å². The fourth-order valence-electron chi connectivity index (χ4n) is 1.19. The minimum Gasteiger partial charge on any atom is -0.477 e. The molecular formula is C11H13N3O2. The Kier molecular flexibility index (Phi) is 3.84. The van der Waals surface area contributed by atoms with Crippen LogP contribution in [0.1, 0.15) is 29.5 Å². The number of aromatic carboxylic acids is 1. The van der Waals surface area contributed by atoms with Gasteiger partial charge in [0.25, 0.3) is 0 Å². The number of aryl methyl sites for hydroxylation is 1. The van der Waals surface area contributed by atoms with E-state index in [-0.39, 0.29) is 11.7 Å². The molecule has 0 bridgehead atoms. The molecule has 0 fully saturated rings. The zero-order valence-corrected chi connectivity index (χ0v) is 9.19. The summed E-state index contributed by atoms with van der Waals surface area (Å²) >= 11 is 0. The second-order valence-electron chi connectivity index (χ2n) is 3.48. The lowest BCUT2D eigenvalue weighted by atomic mass is 10.2. The van der Waals surface area contributed by atoms with E-state index in [1.807, 2.05) is 6.92 Å². The summed E-state index contributed by atoms with van der Waals surface area (Å²) in [6.45, 7) is 3.59. The Balaban J connectivity index is 2.89. The van der Waals surface area contributed by atoms with Crippen LogP contribution in [0.3, 0.4) is 0 Å². The average molecular weight is 219 g/mol. The molecule has 1 rings (SSSR count). The lowest BCUT2D eigenvalue weighted by molar-refractivity contribution is 0.0690. The van der Waals surface area contributed by atoms with Crippen LogP contribution in [0.25, 0.3) is 0 Å². The number of nitrogens with zero attached hydrogens (tertiary/aromatic N) is 2. The van der Waals surface area contributed by atoms with E-state index in [4.69, 9.17) is 11.5 Å². The number of hydrogen-bond acceptors (Lipinski definition) is 4. The molecule has 0 aliphatic carbocycles. The fraction of sp³-hybridized carbons (Fsp3) is 0.364. The van der Waals surface area contributed by atoms with E-state index in [1.165, 1.54) is 6.07 Å². The molecule has 16 heavy (non-hydrogen) atoms. The third kappa shape index (κ3) is 3.24. The van der Waals surface area contributed by atoms with Gasteiger partial charge in [0.05, 0.1) is 0 Å². The molecule has 0 saturated heterocycles. The van der Waals surface area contributed by atoms with Crippen LogP contribution in [-0.4, -0.2) is 27.1 Å². The minimum atomic E-state index is -1.07. The number of carboxylic acids is 1. The van der Waals surface area contributed by atoms with Gasteiger partial charge >= 0.3 is 5.97 Å². The predicted octanol–water partition coefficient (Wildman–Crippen LogP) is 1.31. The Labute approximate surface area is 93.9 Å². The first-order chi connectivity index (χ1) is 7.52. The van der Waals surface area contributed by atoms with Crippen molar-refractivity contribution in [3.05, 3.63) is 17.5 Å². The number of anilines is 1. The highest BCUT2D eigenvalue weighted by atomic mass is 16.4. The summed E-state index contributed by atoms with van der Waals surface area (Å²) < 4.78 is 0. The zero-order chi connectivity index (χ0) is 12.1. The maximum absolute atomic E-state index is 10.8. The van der Waals surface area contributed by atoms with E-state index < -0.39 is 5.97 Å². The molecule has 0 spiro atoms. The minimum absolute atomic E-state index is 0.00782. The molecule has 0 amide bonds. The number of hydrogen-bond donors (Lipinski definition) is 2. The molecule has 1 aromatic rings. The van der Waals surface area contributed by atoms with Gasteiger partial charge in [0, 0.05) is 18.2 Å². The van der Waals surface area contributed by atoms with E-state index in [0.717, 1.165) is 0 Å². The highest BCUT2D eigenvalue weighted by Gasteiger charge is 2.09. The molecule has 2 N–H and O–H groups in total. The maximum Gasteiger partial charge on any atom is 0.354 e. The number of terminal acetylenes is 1. The molecule has 5 nitrogen and oxygen atoms in total. The van der Waals surface area contributed by atoms with Gasteiger partial charge < -0.3 is 10.4 Å². The Morgan fingerprint density at radius 3 is 2.94 bits per heavy atom. The van der Waals surface area contributed by atoms with Crippen LogP contribution in [-0.2, 0) is 0 Å². The molecule has 1 aromatic heterocycles. The van der Waals surface area contributed by atoms with Gasteiger partial charge in [0.15, 0.2) is 5.69 Å². The summed E-state index contributed by atoms with van der Waals surface area (Å²) in [6, 6.07) is 1.42. The largest absolute Gasteiger partial charge is 0.477 e. The Bertz CT molecular complexity index is 437. The standard InChI is InChI=1S/C11H13N3O2/c1-4-5-7(2)12-11-13-8(3)6-9(14-11)10(15)16/h1,6-7H,5H2,2-3H3,(H,15,16)(H,12,13,14). The van der Waals surface area contributed by atoms with Gasteiger partial charge in [-0.25, -0.2) is 14.8 Å².